The molecule has 0 fully saturated rings. The first kappa shape index (κ1) is 17.1. The van der Waals surface area contributed by atoms with Gasteiger partial charge in [-0.15, -0.1) is 0 Å². The Hall–Kier alpha value is -2.31. The third-order valence-corrected chi connectivity index (χ3v) is 3.33. The molecule has 0 aliphatic heterocycles. The van der Waals surface area contributed by atoms with Gasteiger partial charge in [0.1, 0.15) is 5.69 Å². The third kappa shape index (κ3) is 3.91. The Morgan fingerprint density at radius 3 is 2.35 bits per heavy atom. The molecule has 124 valence electrons. The average molecular weight is 325 g/mol. The molecule has 1 amide bonds. The van der Waals surface area contributed by atoms with Crippen LogP contribution in [0.2, 0.25) is 0 Å². The van der Waals surface area contributed by atoms with E-state index in [2.05, 4.69) is 10.4 Å². The van der Waals surface area contributed by atoms with E-state index in [0.717, 1.165) is 17.8 Å². The number of hydrogen-bond acceptors (Lipinski definition) is 2. The van der Waals surface area contributed by atoms with Gasteiger partial charge in [-0.1, -0.05) is 26.8 Å². The van der Waals surface area contributed by atoms with Crippen molar-refractivity contribution in [3.63, 3.8) is 0 Å². The molecule has 0 spiro atoms. The van der Waals surface area contributed by atoms with Gasteiger partial charge >= 0.3 is 6.18 Å². The number of aromatic nitrogens is 2. The summed E-state index contributed by atoms with van der Waals surface area (Å²) in [5, 5.41) is 6.75. The lowest BCUT2D eigenvalue weighted by atomic mass is 9.92. The monoisotopic (exact) mass is 325 g/mol. The van der Waals surface area contributed by atoms with E-state index in [-0.39, 0.29) is 16.8 Å². The zero-order chi connectivity index (χ0) is 17.4. The van der Waals surface area contributed by atoms with Crippen LogP contribution in [0.3, 0.4) is 0 Å². The van der Waals surface area contributed by atoms with Gasteiger partial charge in [0, 0.05) is 18.2 Å². The highest BCUT2D eigenvalue weighted by atomic mass is 19.4. The first-order chi connectivity index (χ1) is 10.5. The first-order valence-corrected chi connectivity index (χ1v) is 7.01. The minimum Gasteiger partial charge on any atom is -0.321 e. The summed E-state index contributed by atoms with van der Waals surface area (Å²) in [7, 11) is 1.62. The fourth-order valence-electron chi connectivity index (χ4n) is 2.01. The van der Waals surface area contributed by atoms with Gasteiger partial charge in [-0.2, -0.15) is 18.3 Å². The van der Waals surface area contributed by atoms with Gasteiger partial charge in [0.2, 0.25) is 0 Å². The molecule has 0 saturated heterocycles. The standard InChI is InChI=1S/C16H18F3N3O/c1-15(2,3)13-9-12(22(4)21-13)14(23)20-11-7-5-6-10(8-11)16(17,18)19/h5-9H,1-4H3,(H,20,23). The van der Waals surface area contributed by atoms with Crippen molar-refractivity contribution in [3.05, 3.63) is 47.3 Å². The molecule has 2 rings (SSSR count). The summed E-state index contributed by atoms with van der Waals surface area (Å²) in [6.07, 6.45) is -4.45. The molecule has 0 aliphatic rings. The molecule has 0 aliphatic carbocycles. The number of carbonyl (C=O) groups excluding carboxylic acids is 1. The SMILES string of the molecule is Cn1nc(C(C)(C)C)cc1C(=O)Nc1cccc(C(F)(F)F)c1. The van der Waals surface area contributed by atoms with E-state index in [9.17, 15) is 18.0 Å². The molecule has 0 atom stereocenters. The van der Waals surface area contributed by atoms with Crippen molar-refractivity contribution in [2.75, 3.05) is 5.32 Å². The molecule has 0 radical (unpaired) electrons. The van der Waals surface area contributed by atoms with Gasteiger partial charge in [0.25, 0.3) is 5.91 Å². The highest BCUT2D eigenvalue weighted by Crippen LogP contribution is 2.30. The van der Waals surface area contributed by atoms with Crippen LogP contribution in [0, 0.1) is 0 Å². The molecule has 2 aromatic rings. The molecule has 0 saturated carbocycles. The fraction of sp³-hybridized carbons (Fsp3) is 0.375. The van der Waals surface area contributed by atoms with Crippen LogP contribution >= 0.6 is 0 Å². The number of alkyl halides is 3. The number of rotatable bonds is 2. The number of aryl methyl sites for hydroxylation is 1. The van der Waals surface area contributed by atoms with Crippen LogP contribution in [0.15, 0.2) is 30.3 Å². The zero-order valence-corrected chi connectivity index (χ0v) is 13.3. The number of benzene rings is 1. The van der Waals surface area contributed by atoms with Gasteiger partial charge in [-0.05, 0) is 24.3 Å². The van der Waals surface area contributed by atoms with Crippen LogP contribution in [0.1, 0.15) is 42.5 Å². The van der Waals surface area contributed by atoms with E-state index < -0.39 is 17.6 Å². The quantitative estimate of drug-likeness (QED) is 0.907. The van der Waals surface area contributed by atoms with E-state index in [1.807, 2.05) is 20.8 Å². The van der Waals surface area contributed by atoms with Crippen molar-refractivity contribution in [1.29, 1.82) is 0 Å². The third-order valence-electron chi connectivity index (χ3n) is 3.33. The van der Waals surface area contributed by atoms with Crippen LogP contribution < -0.4 is 5.32 Å². The maximum absolute atomic E-state index is 12.7. The van der Waals surface area contributed by atoms with Gasteiger partial charge < -0.3 is 5.32 Å². The average Bonchev–Trinajstić information content (AvgIpc) is 2.80. The Morgan fingerprint density at radius 2 is 1.83 bits per heavy atom. The molecule has 0 unspecified atom stereocenters. The molecular weight excluding hydrogens is 307 g/mol. The van der Waals surface area contributed by atoms with Crippen LogP contribution in [-0.2, 0) is 18.6 Å². The Balaban J connectivity index is 2.25. The first-order valence-electron chi connectivity index (χ1n) is 7.01. The minimum absolute atomic E-state index is 0.0864. The maximum Gasteiger partial charge on any atom is 0.416 e. The topological polar surface area (TPSA) is 46.9 Å². The highest BCUT2D eigenvalue weighted by molar-refractivity contribution is 6.03. The van der Waals surface area contributed by atoms with Crippen LogP contribution in [0.4, 0.5) is 18.9 Å². The summed E-state index contributed by atoms with van der Waals surface area (Å²) < 4.78 is 39.5. The van der Waals surface area contributed by atoms with Crippen LogP contribution in [0.25, 0.3) is 0 Å². The lowest BCUT2D eigenvalue weighted by Gasteiger charge is -2.13. The summed E-state index contributed by atoms with van der Waals surface area (Å²) in [4.78, 5) is 12.3. The molecule has 7 heteroatoms. The van der Waals surface area contributed by atoms with Crippen molar-refractivity contribution in [2.24, 2.45) is 7.05 Å². The smallest absolute Gasteiger partial charge is 0.321 e. The number of nitrogens with one attached hydrogen (secondary N) is 1. The summed E-state index contributed by atoms with van der Waals surface area (Å²) in [6, 6.07) is 6.16. The second kappa shape index (κ2) is 5.72. The second-order valence-corrected chi connectivity index (χ2v) is 6.32. The Bertz CT molecular complexity index is 727. The molecule has 1 aromatic carbocycles. The van der Waals surface area contributed by atoms with E-state index in [0.29, 0.717) is 0 Å². The van der Waals surface area contributed by atoms with Crippen molar-refractivity contribution in [3.8, 4) is 0 Å². The summed E-state index contributed by atoms with van der Waals surface area (Å²) in [6.45, 7) is 5.89. The minimum atomic E-state index is -4.45. The molecule has 23 heavy (non-hydrogen) atoms. The van der Waals surface area contributed by atoms with Gasteiger partial charge in [0.15, 0.2) is 0 Å². The van der Waals surface area contributed by atoms with Crippen molar-refractivity contribution < 1.29 is 18.0 Å². The number of nitrogens with zero attached hydrogens (tertiary/aromatic N) is 2. The number of anilines is 1. The lowest BCUT2D eigenvalue weighted by molar-refractivity contribution is -0.137. The number of hydrogen-bond donors (Lipinski definition) is 1. The van der Waals surface area contributed by atoms with Crippen molar-refractivity contribution >= 4 is 11.6 Å². The number of halogens is 3. The molecule has 0 bridgehead atoms. The normalized spacial score (nSPS) is 12.3. The van der Waals surface area contributed by atoms with Gasteiger partial charge in [-0.3, -0.25) is 9.48 Å². The van der Waals surface area contributed by atoms with Gasteiger partial charge in [0.05, 0.1) is 11.3 Å². The Morgan fingerprint density at radius 1 is 1.17 bits per heavy atom. The predicted octanol–water partition coefficient (Wildman–Crippen LogP) is 3.99. The van der Waals surface area contributed by atoms with E-state index in [4.69, 9.17) is 0 Å². The lowest BCUT2D eigenvalue weighted by Crippen LogP contribution is -2.16. The molecule has 1 heterocycles. The second-order valence-electron chi connectivity index (χ2n) is 6.32. The Labute approximate surface area is 132 Å². The van der Waals surface area contributed by atoms with Gasteiger partial charge in [-0.25, -0.2) is 0 Å². The predicted molar refractivity (Wildman–Crippen MR) is 81.3 cm³/mol. The maximum atomic E-state index is 12.7. The van der Waals surface area contributed by atoms with E-state index in [1.54, 1.807) is 13.1 Å². The highest BCUT2D eigenvalue weighted by Gasteiger charge is 2.30. The fourth-order valence-corrected chi connectivity index (χ4v) is 2.01. The summed E-state index contributed by atoms with van der Waals surface area (Å²) >= 11 is 0. The largest absolute Gasteiger partial charge is 0.416 e. The molecule has 4 nitrogen and oxygen atoms in total. The Kier molecular flexibility index (Phi) is 4.24. The van der Waals surface area contributed by atoms with Crippen LogP contribution in [-0.4, -0.2) is 15.7 Å². The number of carbonyl (C=O) groups is 1. The van der Waals surface area contributed by atoms with Crippen molar-refractivity contribution in [2.45, 2.75) is 32.4 Å². The summed E-state index contributed by atoms with van der Waals surface area (Å²) in [5.74, 6) is -0.505. The van der Waals surface area contributed by atoms with E-state index >= 15 is 0 Å². The van der Waals surface area contributed by atoms with E-state index in [1.165, 1.54) is 16.8 Å². The van der Waals surface area contributed by atoms with Crippen LogP contribution in [0.5, 0.6) is 0 Å². The number of amides is 1. The molecule has 1 N–H and O–H groups in total. The van der Waals surface area contributed by atoms with Crippen molar-refractivity contribution in [1.82, 2.24) is 9.78 Å². The molecule has 1 aromatic heterocycles. The summed E-state index contributed by atoms with van der Waals surface area (Å²) in [5.41, 5.74) is 0.0625. The zero-order valence-electron chi connectivity index (χ0n) is 13.3. The molecular formula is C16H18F3N3O.